The Labute approximate surface area is 334 Å². The molecular formula is C55H40N2. The first kappa shape index (κ1) is 34.3. The van der Waals surface area contributed by atoms with Crippen LogP contribution in [0.1, 0.15) is 51.3 Å². The molecule has 0 saturated heterocycles. The van der Waals surface area contributed by atoms with Crippen LogP contribution in [0.4, 0.5) is 5.69 Å². The fourth-order valence-electron chi connectivity index (χ4n) is 8.82. The monoisotopic (exact) mass is 728 g/mol. The summed E-state index contributed by atoms with van der Waals surface area (Å²) in [6.45, 7) is 0. The number of hydrogen-bond donors (Lipinski definition) is 1. The summed E-state index contributed by atoms with van der Waals surface area (Å²) in [5, 5.41) is 8.87. The average Bonchev–Trinajstić information content (AvgIpc) is 3.29. The first-order valence-electron chi connectivity index (χ1n) is 19.7. The van der Waals surface area contributed by atoms with Gasteiger partial charge in [-0.1, -0.05) is 200 Å². The van der Waals surface area contributed by atoms with Crippen molar-refractivity contribution in [2.75, 3.05) is 0 Å². The smallest absolute Gasteiger partial charge is 0.0708 e. The largest absolute Gasteiger partial charge is 0.300 e. The molecule has 3 aliphatic rings. The van der Waals surface area contributed by atoms with Gasteiger partial charge in [-0.15, -0.1) is 0 Å². The van der Waals surface area contributed by atoms with Crippen LogP contribution in [-0.2, 0) is 0 Å². The summed E-state index contributed by atoms with van der Waals surface area (Å²) in [5.74, 6) is 0.377. The van der Waals surface area contributed by atoms with Crippen molar-refractivity contribution in [3.63, 3.8) is 0 Å². The van der Waals surface area contributed by atoms with Gasteiger partial charge >= 0.3 is 0 Å². The van der Waals surface area contributed by atoms with E-state index >= 15 is 0 Å². The van der Waals surface area contributed by atoms with E-state index in [1.807, 2.05) is 42.5 Å². The lowest BCUT2D eigenvalue weighted by Gasteiger charge is -2.37. The van der Waals surface area contributed by atoms with Gasteiger partial charge in [-0.05, 0) is 84.5 Å². The molecule has 2 aliphatic carbocycles. The maximum Gasteiger partial charge on any atom is 0.0708 e. The summed E-state index contributed by atoms with van der Waals surface area (Å²) in [6, 6.07) is 64.9. The number of hydrogen-bond acceptors (Lipinski definition) is 2. The third-order valence-corrected chi connectivity index (χ3v) is 11.6. The van der Waals surface area contributed by atoms with Gasteiger partial charge in [0.25, 0.3) is 0 Å². The van der Waals surface area contributed by atoms with E-state index in [9.17, 15) is 0 Å². The number of fused-ring (bicyclic) bond motifs is 3. The highest BCUT2D eigenvalue weighted by atomic mass is 14.8. The molecule has 0 spiro atoms. The first-order valence-corrected chi connectivity index (χ1v) is 19.7. The number of para-hydroxylation sites is 1. The molecular weight excluding hydrogens is 689 g/mol. The van der Waals surface area contributed by atoms with Crippen molar-refractivity contribution in [3.8, 4) is 22.3 Å². The lowest BCUT2D eigenvalue weighted by atomic mass is 9.66. The van der Waals surface area contributed by atoms with Gasteiger partial charge in [-0.25, -0.2) is 0 Å². The van der Waals surface area contributed by atoms with Gasteiger partial charge in [0.05, 0.1) is 17.1 Å². The molecule has 0 fully saturated rings. The van der Waals surface area contributed by atoms with Gasteiger partial charge < -0.3 is 5.41 Å². The van der Waals surface area contributed by atoms with Crippen molar-refractivity contribution in [1.29, 1.82) is 5.41 Å². The van der Waals surface area contributed by atoms with E-state index < -0.39 is 0 Å². The number of nitrogens with zero attached hydrogens (tertiary/aromatic N) is 1. The van der Waals surface area contributed by atoms with Crippen LogP contribution >= 0.6 is 0 Å². The second kappa shape index (κ2) is 14.8. The van der Waals surface area contributed by atoms with Gasteiger partial charge in [0.2, 0.25) is 0 Å². The predicted molar refractivity (Wildman–Crippen MR) is 238 cm³/mol. The fourth-order valence-corrected chi connectivity index (χ4v) is 8.82. The van der Waals surface area contributed by atoms with Crippen LogP contribution in [0.25, 0.3) is 33.4 Å². The normalized spacial score (nSPS) is 17.4. The van der Waals surface area contributed by atoms with Crippen molar-refractivity contribution in [2.24, 2.45) is 10.9 Å². The summed E-state index contributed by atoms with van der Waals surface area (Å²) in [4.78, 5) is 5.15. The van der Waals surface area contributed by atoms with Crippen LogP contribution in [-0.4, -0.2) is 11.4 Å². The molecule has 0 amide bonds. The maximum atomic E-state index is 8.87. The molecule has 270 valence electrons. The van der Waals surface area contributed by atoms with Crippen molar-refractivity contribution in [2.45, 2.75) is 12.3 Å². The molecule has 1 unspecified atom stereocenters. The molecule has 2 nitrogen and oxygen atoms in total. The molecule has 0 radical (unpaired) electrons. The van der Waals surface area contributed by atoms with Crippen LogP contribution < -0.4 is 0 Å². The lowest BCUT2D eigenvalue weighted by Crippen LogP contribution is -2.23. The molecule has 2 heteroatoms. The number of aliphatic imine (C=N–C) groups is 1. The molecule has 1 aliphatic heterocycles. The number of allylic oxidation sites excluding steroid dienone is 7. The van der Waals surface area contributed by atoms with Crippen LogP contribution in [0.5, 0.6) is 0 Å². The molecule has 1 heterocycles. The Balaban J connectivity index is 0.962. The molecule has 7 aromatic carbocycles. The maximum absolute atomic E-state index is 8.87. The summed E-state index contributed by atoms with van der Waals surface area (Å²) >= 11 is 0. The highest BCUT2D eigenvalue weighted by Crippen LogP contribution is 2.50. The van der Waals surface area contributed by atoms with E-state index in [0.29, 0.717) is 12.1 Å². The van der Waals surface area contributed by atoms with Gasteiger partial charge in [0, 0.05) is 23.8 Å². The Hall–Kier alpha value is -7.16. The van der Waals surface area contributed by atoms with Crippen LogP contribution in [0.15, 0.2) is 223 Å². The van der Waals surface area contributed by atoms with Gasteiger partial charge in [-0.3, -0.25) is 4.99 Å². The summed E-state index contributed by atoms with van der Waals surface area (Å²) < 4.78 is 0. The quantitative estimate of drug-likeness (QED) is 0.159. The molecule has 0 aromatic heterocycles. The zero-order chi connectivity index (χ0) is 38.1. The molecule has 7 aromatic rings. The second-order valence-electron chi connectivity index (χ2n) is 15.0. The van der Waals surface area contributed by atoms with E-state index in [4.69, 9.17) is 10.4 Å². The lowest BCUT2D eigenvalue weighted by molar-refractivity contribution is 0.649. The minimum absolute atomic E-state index is 0.174. The van der Waals surface area contributed by atoms with E-state index in [1.165, 1.54) is 55.7 Å². The average molecular weight is 729 g/mol. The highest BCUT2D eigenvalue weighted by molar-refractivity contribution is 6.16. The van der Waals surface area contributed by atoms with Gasteiger partial charge in [0.15, 0.2) is 0 Å². The molecule has 0 saturated carbocycles. The molecule has 0 bridgehead atoms. The third-order valence-electron chi connectivity index (χ3n) is 11.6. The number of nitrogens with one attached hydrogen (secondary N) is 1. The van der Waals surface area contributed by atoms with Crippen molar-refractivity contribution >= 4 is 28.3 Å². The fraction of sp³-hybridized carbons (Fsp3) is 0.0545. The Bertz CT molecular complexity index is 2780. The summed E-state index contributed by atoms with van der Waals surface area (Å²) in [6.07, 6.45) is 11.8. The molecule has 2 atom stereocenters. The minimum Gasteiger partial charge on any atom is -0.300 e. The zero-order valence-electron chi connectivity index (χ0n) is 31.5. The Kier molecular flexibility index (Phi) is 8.93. The minimum atomic E-state index is 0.174. The highest BCUT2D eigenvalue weighted by Gasteiger charge is 2.35. The predicted octanol–water partition coefficient (Wildman–Crippen LogP) is 13.7. The summed E-state index contributed by atoms with van der Waals surface area (Å²) in [7, 11) is 0. The van der Waals surface area contributed by atoms with E-state index in [2.05, 4.69) is 170 Å². The Morgan fingerprint density at radius 2 is 1.09 bits per heavy atom. The second-order valence-corrected chi connectivity index (χ2v) is 15.0. The number of benzene rings is 7. The standard InChI is InChI=1S/C55H40N2/c56-51(41-15-5-2-6-16-41)35-45-36-53(57-52-22-12-11-17-46(45)52)42-29-33-44(34-30-42)55-49-20-9-7-18-47(49)54(48-19-8-10-21-50(48)55)43-31-27-40(28-32-43)39-25-23-38(24-26-39)37-13-3-1-4-14-37/h1-35,49,55-56H,36H2/b45-35+,56-51?/t49?,55-/m1/s1. The molecule has 57 heavy (non-hydrogen) atoms. The SMILES string of the molecule is N=C(/C=C1\CC(c2ccc([C@H]3c4ccccc4C(c4ccc(-c5ccc(-c6ccccc6)cc5)cc4)=C4C=CC=CC43)cc2)=Nc2ccccc21)c1ccccc1. The van der Waals surface area contributed by atoms with Crippen LogP contribution in [0.3, 0.4) is 0 Å². The van der Waals surface area contributed by atoms with Gasteiger partial charge in [0.1, 0.15) is 0 Å². The Morgan fingerprint density at radius 1 is 0.526 bits per heavy atom. The van der Waals surface area contributed by atoms with Crippen molar-refractivity contribution in [3.05, 3.63) is 257 Å². The van der Waals surface area contributed by atoms with Crippen molar-refractivity contribution < 1.29 is 0 Å². The van der Waals surface area contributed by atoms with E-state index in [0.717, 1.165) is 33.7 Å². The van der Waals surface area contributed by atoms with Crippen LogP contribution in [0, 0.1) is 11.3 Å². The van der Waals surface area contributed by atoms with E-state index in [-0.39, 0.29) is 11.8 Å². The molecule has 10 rings (SSSR count). The van der Waals surface area contributed by atoms with Crippen molar-refractivity contribution in [1.82, 2.24) is 0 Å². The number of rotatable bonds is 7. The summed E-state index contributed by atoms with van der Waals surface area (Å²) in [5.41, 5.74) is 19.4. The van der Waals surface area contributed by atoms with Crippen LogP contribution in [0.2, 0.25) is 0 Å². The van der Waals surface area contributed by atoms with E-state index in [1.54, 1.807) is 0 Å². The topological polar surface area (TPSA) is 36.2 Å². The van der Waals surface area contributed by atoms with Gasteiger partial charge in [-0.2, -0.15) is 0 Å². The third kappa shape index (κ3) is 6.56. The molecule has 1 N–H and O–H groups in total. The Morgan fingerprint density at radius 3 is 1.79 bits per heavy atom. The zero-order valence-corrected chi connectivity index (χ0v) is 31.5. The first-order chi connectivity index (χ1) is 28.2.